The van der Waals surface area contributed by atoms with Crippen LogP contribution in [0.3, 0.4) is 0 Å². The number of carbonyl (C=O) groups is 1. The number of sulfonamides is 1. The number of rotatable bonds is 6. The molecular formula is C28H32N4O5S2. The van der Waals surface area contributed by atoms with Crippen molar-refractivity contribution in [2.24, 2.45) is 0 Å². The zero-order valence-electron chi connectivity index (χ0n) is 21.9. The number of hydrogen-bond donors (Lipinski definition) is 0. The minimum Gasteiger partial charge on any atom is -0.464 e. The van der Waals surface area contributed by atoms with Gasteiger partial charge in [-0.2, -0.15) is 0 Å². The maximum absolute atomic E-state index is 13.7. The van der Waals surface area contributed by atoms with Crippen molar-refractivity contribution in [3.63, 3.8) is 0 Å². The molecule has 1 unspecified atom stereocenters. The average molecular weight is 569 g/mol. The number of morpholine rings is 1. The summed E-state index contributed by atoms with van der Waals surface area (Å²) in [5, 5.41) is 2.07. The van der Waals surface area contributed by atoms with Crippen LogP contribution in [-0.4, -0.2) is 75.3 Å². The molecule has 1 saturated heterocycles. The van der Waals surface area contributed by atoms with Crippen molar-refractivity contribution in [2.45, 2.75) is 48.5 Å². The van der Waals surface area contributed by atoms with Crippen LogP contribution in [0.15, 0.2) is 52.9 Å². The van der Waals surface area contributed by atoms with E-state index in [0.29, 0.717) is 23.5 Å². The van der Waals surface area contributed by atoms with Crippen LogP contribution >= 0.6 is 11.3 Å². The Bertz CT molecular complexity index is 1430. The molecule has 0 radical (unpaired) electrons. The van der Waals surface area contributed by atoms with Crippen LogP contribution in [0.1, 0.15) is 64.1 Å². The monoisotopic (exact) mass is 568 g/mol. The summed E-state index contributed by atoms with van der Waals surface area (Å²) >= 11 is 1.21. The van der Waals surface area contributed by atoms with E-state index < -0.39 is 16.0 Å². The number of thiazole rings is 1. The number of aromatic nitrogens is 2. The molecule has 0 spiro atoms. The van der Waals surface area contributed by atoms with Crippen LogP contribution in [0, 0.1) is 0 Å². The Hall–Kier alpha value is -2.86. The van der Waals surface area contributed by atoms with Crippen LogP contribution in [0.25, 0.3) is 0 Å². The molecule has 0 bridgehead atoms. The van der Waals surface area contributed by atoms with Crippen molar-refractivity contribution in [1.82, 2.24) is 14.9 Å². The van der Waals surface area contributed by atoms with Gasteiger partial charge in [-0.3, -0.25) is 4.90 Å². The number of carbonyl (C=O) groups excluding carboxylic acids is 1. The molecule has 3 aromatic rings. The van der Waals surface area contributed by atoms with Crippen molar-refractivity contribution >= 4 is 33.1 Å². The third-order valence-electron chi connectivity index (χ3n) is 8.18. The molecule has 1 aliphatic carbocycles. The molecule has 0 amide bonds. The molecule has 2 aliphatic heterocycles. The van der Waals surface area contributed by atoms with Gasteiger partial charge >= 0.3 is 5.97 Å². The molecule has 0 N–H and O–H groups in total. The Morgan fingerprint density at radius 3 is 2.56 bits per heavy atom. The minimum atomic E-state index is -3.83. The lowest BCUT2D eigenvalue weighted by atomic mass is 9.81. The molecule has 2 fully saturated rings. The molecule has 1 saturated carbocycles. The summed E-state index contributed by atoms with van der Waals surface area (Å²) in [6.45, 7) is 3.81. The van der Waals surface area contributed by atoms with Gasteiger partial charge in [0.2, 0.25) is 5.01 Å². The second-order valence-corrected chi connectivity index (χ2v) is 13.0. The van der Waals surface area contributed by atoms with E-state index >= 15 is 0 Å². The predicted octanol–water partition coefficient (Wildman–Crippen LogP) is 4.02. The molecule has 6 rings (SSSR count). The Balaban J connectivity index is 1.31. The lowest BCUT2D eigenvalue weighted by Gasteiger charge is -2.38. The molecule has 4 heterocycles. The van der Waals surface area contributed by atoms with Gasteiger partial charge in [0.25, 0.3) is 10.0 Å². The van der Waals surface area contributed by atoms with E-state index in [-0.39, 0.29) is 22.4 Å². The van der Waals surface area contributed by atoms with Gasteiger partial charge in [-0.1, -0.05) is 18.2 Å². The first kappa shape index (κ1) is 26.4. The van der Waals surface area contributed by atoms with Crippen LogP contribution in [0.5, 0.6) is 0 Å². The molecule has 1 aromatic carbocycles. The summed E-state index contributed by atoms with van der Waals surface area (Å²) < 4.78 is 39.1. The molecule has 206 valence electrons. The predicted molar refractivity (Wildman–Crippen MR) is 148 cm³/mol. The standard InChI is InChI=1S/C28H32N4O5S2/c1-36-28(33)27-30-25(18-38-27)24-17-32(39(34,35)22-5-3-2-4-6-22)26-23(24)15-20(16-29-26)19-7-9-21(10-8-19)31-11-13-37-14-12-31/h2-6,15-16,18-19,21,24H,7-14,17H2,1H3/t19-,21-,24?. The van der Waals surface area contributed by atoms with Crippen LogP contribution in [0.4, 0.5) is 5.82 Å². The molecule has 11 heteroatoms. The number of hydrogen-bond acceptors (Lipinski definition) is 9. The second kappa shape index (κ2) is 11.0. The van der Waals surface area contributed by atoms with Crippen molar-refractivity contribution < 1.29 is 22.7 Å². The van der Waals surface area contributed by atoms with Gasteiger partial charge in [-0.25, -0.2) is 27.5 Å². The summed E-state index contributed by atoms with van der Waals surface area (Å²) in [5.74, 6) is -0.0174. The number of nitrogens with zero attached hydrogens (tertiary/aromatic N) is 4. The first-order valence-corrected chi connectivity index (χ1v) is 15.7. The van der Waals surface area contributed by atoms with Gasteiger partial charge in [-0.05, 0) is 55.4 Å². The highest BCUT2D eigenvalue weighted by atomic mass is 32.2. The van der Waals surface area contributed by atoms with Crippen molar-refractivity contribution in [3.8, 4) is 0 Å². The Labute approximate surface area is 232 Å². The number of esters is 1. The van der Waals surface area contributed by atoms with E-state index in [4.69, 9.17) is 14.5 Å². The Morgan fingerprint density at radius 2 is 1.85 bits per heavy atom. The van der Waals surface area contributed by atoms with E-state index in [1.807, 2.05) is 11.6 Å². The third kappa shape index (κ3) is 5.08. The SMILES string of the molecule is COC(=O)c1nc(C2CN(S(=O)(=O)c3ccccc3)c3ncc([C@H]4CC[C@H](N5CCOCC5)CC4)cc32)cs1. The highest BCUT2D eigenvalue weighted by Gasteiger charge is 2.40. The van der Waals surface area contributed by atoms with E-state index in [2.05, 4.69) is 16.0 Å². The van der Waals surface area contributed by atoms with Crippen molar-refractivity contribution in [1.29, 1.82) is 0 Å². The molecule has 2 aromatic heterocycles. The smallest absolute Gasteiger partial charge is 0.367 e. The zero-order chi connectivity index (χ0) is 27.0. The van der Waals surface area contributed by atoms with Gasteiger partial charge in [0.1, 0.15) is 5.82 Å². The molecular weight excluding hydrogens is 536 g/mol. The quantitative estimate of drug-likeness (QED) is 0.411. The first-order valence-electron chi connectivity index (χ1n) is 13.4. The summed E-state index contributed by atoms with van der Waals surface area (Å²) in [6.07, 6.45) is 6.27. The molecule has 39 heavy (non-hydrogen) atoms. The zero-order valence-corrected chi connectivity index (χ0v) is 23.5. The summed E-state index contributed by atoms with van der Waals surface area (Å²) in [5.41, 5.74) is 2.63. The fourth-order valence-corrected chi connectivity index (χ4v) is 8.33. The van der Waals surface area contributed by atoms with Crippen molar-refractivity contribution in [3.05, 3.63) is 69.8 Å². The van der Waals surface area contributed by atoms with Crippen LogP contribution < -0.4 is 4.31 Å². The first-order chi connectivity index (χ1) is 19.0. The van der Waals surface area contributed by atoms with Gasteiger partial charge in [0.15, 0.2) is 0 Å². The number of anilines is 1. The van der Waals surface area contributed by atoms with Gasteiger partial charge in [0.05, 0.1) is 30.9 Å². The number of benzene rings is 1. The van der Waals surface area contributed by atoms with Gasteiger partial charge in [0, 0.05) is 48.7 Å². The lowest BCUT2D eigenvalue weighted by molar-refractivity contribution is 0.00729. The largest absolute Gasteiger partial charge is 0.464 e. The molecule has 1 atom stereocenters. The fourth-order valence-electron chi connectivity index (χ4n) is 6.06. The van der Waals surface area contributed by atoms with E-state index in [0.717, 1.165) is 63.1 Å². The highest BCUT2D eigenvalue weighted by molar-refractivity contribution is 7.92. The van der Waals surface area contributed by atoms with Gasteiger partial charge in [-0.15, -0.1) is 11.3 Å². The number of fused-ring (bicyclic) bond motifs is 1. The van der Waals surface area contributed by atoms with Crippen molar-refractivity contribution in [2.75, 3.05) is 44.3 Å². The Morgan fingerprint density at radius 1 is 1.10 bits per heavy atom. The Kier molecular flexibility index (Phi) is 7.41. The van der Waals surface area contributed by atoms with Crippen LogP contribution in [-0.2, 0) is 19.5 Å². The maximum atomic E-state index is 13.7. The minimum absolute atomic E-state index is 0.178. The topological polar surface area (TPSA) is 102 Å². The second-order valence-electron chi connectivity index (χ2n) is 10.3. The molecule has 3 aliphatic rings. The summed E-state index contributed by atoms with van der Waals surface area (Å²) in [4.78, 5) is 24.2. The van der Waals surface area contributed by atoms with E-state index in [9.17, 15) is 13.2 Å². The van der Waals surface area contributed by atoms with Gasteiger partial charge < -0.3 is 9.47 Å². The molecule has 9 nitrogen and oxygen atoms in total. The number of pyridine rings is 1. The summed E-state index contributed by atoms with van der Waals surface area (Å²) in [7, 11) is -2.50. The number of ether oxygens (including phenoxy) is 2. The van der Waals surface area contributed by atoms with E-state index in [1.165, 1.54) is 22.8 Å². The fraction of sp³-hybridized carbons (Fsp3) is 0.464. The normalized spacial score (nSPS) is 23.9. The summed E-state index contributed by atoms with van der Waals surface area (Å²) in [6, 6.07) is 11.1. The van der Waals surface area contributed by atoms with E-state index in [1.54, 1.807) is 30.3 Å². The maximum Gasteiger partial charge on any atom is 0.367 e. The third-order valence-corrected chi connectivity index (χ3v) is 10.8. The lowest BCUT2D eigenvalue weighted by Crippen LogP contribution is -2.44. The highest BCUT2D eigenvalue weighted by Crippen LogP contribution is 2.44. The van der Waals surface area contributed by atoms with Crippen LogP contribution in [0.2, 0.25) is 0 Å². The number of methoxy groups -OCH3 is 1. The average Bonchev–Trinajstić information content (AvgIpc) is 3.63.